The van der Waals surface area contributed by atoms with Crippen molar-refractivity contribution in [3.05, 3.63) is 30.3 Å². The van der Waals surface area contributed by atoms with Crippen LogP contribution in [0.2, 0.25) is 0 Å². The molecule has 6 heteroatoms. The molecule has 0 bridgehead atoms. The summed E-state index contributed by atoms with van der Waals surface area (Å²) in [5.74, 6) is -1.81. The molecule has 0 N–H and O–H groups in total. The molecule has 170 valence electrons. The summed E-state index contributed by atoms with van der Waals surface area (Å²) >= 11 is 3.00. The fourth-order valence-corrected chi connectivity index (χ4v) is 9.90. The van der Waals surface area contributed by atoms with Crippen molar-refractivity contribution in [3.8, 4) is 0 Å². The van der Waals surface area contributed by atoms with Crippen molar-refractivity contribution in [2.75, 3.05) is 12.4 Å². The minimum atomic E-state index is -2.74. The molecule has 1 aromatic rings. The third-order valence-electron chi connectivity index (χ3n) is 4.96. The summed E-state index contributed by atoms with van der Waals surface area (Å²) < 4.78 is 19.4. The Morgan fingerprint density at radius 3 is 1.80 bits per heavy atom. The second-order valence-electron chi connectivity index (χ2n) is 7.76. The molecular weight excluding hydrogens is 481 g/mol. The van der Waals surface area contributed by atoms with E-state index in [4.69, 9.17) is 4.52 Å². The first-order valence-corrected chi connectivity index (χ1v) is 16.5. The van der Waals surface area contributed by atoms with Crippen molar-refractivity contribution in [2.24, 2.45) is 0 Å². The molecule has 30 heavy (non-hydrogen) atoms. The van der Waals surface area contributed by atoms with E-state index in [-0.39, 0.29) is 19.5 Å². The van der Waals surface area contributed by atoms with Crippen LogP contribution in [-0.2, 0) is 28.6 Å². The van der Waals surface area contributed by atoms with E-state index < -0.39 is 5.77 Å². The smallest absolute Gasteiger partial charge is 0.313 e. The molecule has 0 heterocycles. The first kappa shape index (κ1) is 30.7. The van der Waals surface area contributed by atoms with Gasteiger partial charge in [-0.25, -0.2) is 0 Å². The Morgan fingerprint density at radius 1 is 0.733 bits per heavy atom. The number of unbranched alkanes of at least 4 members (excludes halogenated alkanes) is 12. The van der Waals surface area contributed by atoms with E-state index in [1.165, 1.54) is 88.4 Å². The van der Waals surface area contributed by atoms with Crippen molar-refractivity contribution in [1.82, 2.24) is 0 Å². The zero-order valence-corrected chi connectivity index (χ0v) is 25.0. The van der Waals surface area contributed by atoms with Crippen molar-refractivity contribution < 1.29 is 28.6 Å². The van der Waals surface area contributed by atoms with Crippen LogP contribution in [0.5, 0.6) is 0 Å². The average Bonchev–Trinajstić information content (AvgIpc) is 2.73. The summed E-state index contributed by atoms with van der Waals surface area (Å²) in [5, 5.41) is 0. The molecule has 0 amide bonds. The van der Waals surface area contributed by atoms with Crippen LogP contribution < -0.4 is 0 Å². The van der Waals surface area contributed by atoms with Gasteiger partial charge in [0.1, 0.15) is 0 Å². The standard InChI is InChI=1S/C24H43O2PS2.Zn/c1-3-5-7-9-11-13-18-22-26-27(25,29-24-20-16-15-17-21-24)28-23-19-14-12-10-8-6-4-2;/h15-17,20-21H,3-14,18-19,22-23H2,1-2H3;. The zero-order valence-electron chi connectivity index (χ0n) is 19.5. The summed E-state index contributed by atoms with van der Waals surface area (Å²) in [6, 6.07) is 10.1. The van der Waals surface area contributed by atoms with Gasteiger partial charge in [0.15, 0.2) is 0 Å². The Balaban J connectivity index is 0.00000841. The van der Waals surface area contributed by atoms with E-state index in [0.29, 0.717) is 6.61 Å². The van der Waals surface area contributed by atoms with E-state index in [0.717, 1.165) is 23.5 Å². The van der Waals surface area contributed by atoms with Crippen LogP contribution in [0.1, 0.15) is 104 Å². The summed E-state index contributed by atoms with van der Waals surface area (Å²) in [4.78, 5) is 1.04. The maximum atomic E-state index is 13.4. The quantitative estimate of drug-likeness (QED) is 0.0964. The molecule has 1 unspecified atom stereocenters. The van der Waals surface area contributed by atoms with Crippen molar-refractivity contribution >= 4 is 28.5 Å². The molecule has 1 aromatic carbocycles. The molecule has 0 aromatic heterocycles. The van der Waals surface area contributed by atoms with Crippen LogP contribution >= 0.6 is 28.5 Å². The van der Waals surface area contributed by atoms with Crippen LogP contribution in [0, 0.1) is 0 Å². The largest absolute Gasteiger partial charge is 0.317 e. The molecule has 1 atom stereocenters. The Morgan fingerprint density at radius 2 is 1.23 bits per heavy atom. The van der Waals surface area contributed by atoms with E-state index in [9.17, 15) is 4.57 Å². The van der Waals surface area contributed by atoms with Crippen LogP contribution in [0.4, 0.5) is 0 Å². The molecule has 0 aliphatic rings. The van der Waals surface area contributed by atoms with E-state index in [1.54, 1.807) is 11.4 Å². The molecule has 2 nitrogen and oxygen atoms in total. The fourth-order valence-electron chi connectivity index (χ4n) is 3.17. The first-order chi connectivity index (χ1) is 14.2. The fraction of sp³-hybridized carbons (Fsp3) is 0.750. The normalized spacial score (nSPS) is 13.0. The molecular formula is C24H43O2PS2Zn. The van der Waals surface area contributed by atoms with E-state index in [2.05, 4.69) is 13.8 Å². The van der Waals surface area contributed by atoms with Crippen molar-refractivity contribution in [2.45, 2.75) is 109 Å². The number of hydrogen-bond acceptors (Lipinski definition) is 4. The van der Waals surface area contributed by atoms with Gasteiger partial charge in [-0.3, -0.25) is 4.57 Å². The maximum Gasteiger partial charge on any atom is 0.317 e. The number of hydrogen-bond donors (Lipinski definition) is 0. The van der Waals surface area contributed by atoms with Crippen molar-refractivity contribution in [1.29, 1.82) is 0 Å². The van der Waals surface area contributed by atoms with Gasteiger partial charge in [0.05, 0.1) is 6.61 Å². The molecule has 1 rings (SSSR count). The molecule has 0 fully saturated rings. The predicted molar refractivity (Wildman–Crippen MR) is 134 cm³/mol. The number of benzene rings is 1. The third kappa shape index (κ3) is 17.3. The van der Waals surface area contributed by atoms with Gasteiger partial charge in [-0.05, 0) is 36.4 Å². The Labute approximate surface area is 207 Å². The van der Waals surface area contributed by atoms with Gasteiger partial charge < -0.3 is 4.52 Å². The second kappa shape index (κ2) is 21.6. The maximum absolute atomic E-state index is 13.4. The summed E-state index contributed by atoms with van der Waals surface area (Å²) in [7, 11) is 0. The van der Waals surface area contributed by atoms with Crippen LogP contribution in [-0.4, -0.2) is 12.4 Å². The van der Waals surface area contributed by atoms with Gasteiger partial charge in [0, 0.05) is 30.1 Å². The number of rotatable bonds is 20. The van der Waals surface area contributed by atoms with Crippen LogP contribution in [0.3, 0.4) is 0 Å². The van der Waals surface area contributed by atoms with Gasteiger partial charge in [0.2, 0.25) is 0 Å². The average molecular weight is 524 g/mol. The molecule has 0 aliphatic heterocycles. The topological polar surface area (TPSA) is 26.3 Å². The summed E-state index contributed by atoms with van der Waals surface area (Å²) in [5.41, 5.74) is 0. The summed E-state index contributed by atoms with van der Waals surface area (Å²) in [6.45, 7) is 5.12. The zero-order chi connectivity index (χ0) is 21.0. The van der Waals surface area contributed by atoms with E-state index in [1.807, 2.05) is 30.3 Å². The SMILES string of the molecule is CCCCCCCCCOP(=O)(SCCCCCCCCC)Sc1ccccc1.[Zn]. The van der Waals surface area contributed by atoms with Crippen LogP contribution in [0.25, 0.3) is 0 Å². The van der Waals surface area contributed by atoms with Crippen molar-refractivity contribution in [3.63, 3.8) is 0 Å². The summed E-state index contributed by atoms with van der Waals surface area (Å²) in [6.07, 6.45) is 17.8. The molecule has 0 spiro atoms. The van der Waals surface area contributed by atoms with E-state index >= 15 is 0 Å². The van der Waals surface area contributed by atoms with Gasteiger partial charge in [-0.2, -0.15) is 0 Å². The molecule has 0 radical (unpaired) electrons. The van der Waals surface area contributed by atoms with Gasteiger partial charge in [0.25, 0.3) is 0 Å². The Hall–Kier alpha value is 0.733. The minimum Gasteiger partial charge on any atom is -0.313 e. The van der Waals surface area contributed by atoms with Gasteiger partial charge >= 0.3 is 5.77 Å². The predicted octanol–water partition coefficient (Wildman–Crippen LogP) is 10.1. The molecule has 0 saturated heterocycles. The second-order valence-corrected chi connectivity index (χ2v) is 15.1. The first-order valence-electron chi connectivity index (χ1n) is 11.8. The monoisotopic (exact) mass is 522 g/mol. The van der Waals surface area contributed by atoms with Gasteiger partial charge in [-0.1, -0.05) is 120 Å². The van der Waals surface area contributed by atoms with Gasteiger partial charge in [-0.15, -0.1) is 0 Å². The Bertz CT molecular complexity index is 507. The van der Waals surface area contributed by atoms with Crippen LogP contribution in [0.15, 0.2) is 35.2 Å². The molecule has 0 saturated carbocycles. The minimum absolute atomic E-state index is 0. The third-order valence-corrected chi connectivity index (χ3v) is 12.0. The molecule has 0 aliphatic carbocycles. The Kier molecular flexibility index (Phi) is 22.1.